The third kappa shape index (κ3) is 2.00. The lowest BCUT2D eigenvalue weighted by Crippen LogP contribution is -1.92. The lowest BCUT2D eigenvalue weighted by Gasteiger charge is -2.11. The van der Waals surface area contributed by atoms with Crippen molar-refractivity contribution in [3.63, 3.8) is 0 Å². The van der Waals surface area contributed by atoms with Crippen LogP contribution in [-0.2, 0) is 6.61 Å². The highest BCUT2D eigenvalue weighted by Gasteiger charge is 2.06. The van der Waals surface area contributed by atoms with Gasteiger partial charge in [-0.05, 0) is 36.1 Å². The number of aliphatic hydroxyl groups excluding tert-OH is 1. The fourth-order valence-electron chi connectivity index (χ4n) is 1.99. The smallest absolute Gasteiger partial charge is 0.0687 e. The van der Waals surface area contributed by atoms with Crippen LogP contribution in [0.4, 0.5) is 0 Å². The molecule has 1 N–H and O–H groups in total. The Labute approximate surface area is 96.4 Å². The molecule has 0 unspecified atom stereocenters. The van der Waals surface area contributed by atoms with E-state index in [1.807, 2.05) is 12.1 Å². The number of hydrogen-bond donors (Lipinski definition) is 1. The third-order valence-corrected chi connectivity index (χ3v) is 2.87. The van der Waals surface area contributed by atoms with Crippen LogP contribution in [-0.4, -0.2) is 5.11 Å². The molecule has 1 nitrogen and oxygen atoms in total. The molecule has 0 aromatic heterocycles. The van der Waals surface area contributed by atoms with E-state index in [-0.39, 0.29) is 6.61 Å². The van der Waals surface area contributed by atoms with Crippen molar-refractivity contribution in [1.82, 2.24) is 0 Å². The van der Waals surface area contributed by atoms with Gasteiger partial charge in [0.05, 0.1) is 6.61 Å². The van der Waals surface area contributed by atoms with Crippen molar-refractivity contribution >= 4 is 0 Å². The van der Waals surface area contributed by atoms with Crippen LogP contribution in [0.15, 0.2) is 42.5 Å². The van der Waals surface area contributed by atoms with Gasteiger partial charge in [0.2, 0.25) is 0 Å². The van der Waals surface area contributed by atoms with Crippen molar-refractivity contribution in [1.29, 1.82) is 0 Å². The summed E-state index contributed by atoms with van der Waals surface area (Å²) in [4.78, 5) is 0. The van der Waals surface area contributed by atoms with Crippen LogP contribution in [0, 0.1) is 13.8 Å². The van der Waals surface area contributed by atoms with Crippen LogP contribution < -0.4 is 0 Å². The molecular formula is C15H16O. The lowest BCUT2D eigenvalue weighted by atomic mass is 9.95. The summed E-state index contributed by atoms with van der Waals surface area (Å²) in [6.45, 7) is 4.24. The summed E-state index contributed by atoms with van der Waals surface area (Å²) < 4.78 is 0. The molecule has 0 atom stereocenters. The van der Waals surface area contributed by atoms with E-state index < -0.39 is 0 Å². The molecular weight excluding hydrogens is 196 g/mol. The maximum absolute atomic E-state index is 9.36. The van der Waals surface area contributed by atoms with Gasteiger partial charge in [0, 0.05) is 0 Å². The first-order chi connectivity index (χ1) is 7.72. The highest BCUT2D eigenvalue weighted by molar-refractivity contribution is 5.71. The summed E-state index contributed by atoms with van der Waals surface area (Å²) >= 11 is 0. The van der Waals surface area contributed by atoms with Gasteiger partial charge < -0.3 is 5.11 Å². The summed E-state index contributed by atoms with van der Waals surface area (Å²) in [6, 6.07) is 14.5. The first kappa shape index (κ1) is 10.9. The number of benzene rings is 2. The molecule has 0 heterocycles. The third-order valence-electron chi connectivity index (χ3n) is 2.87. The minimum absolute atomic E-state index is 0.0882. The monoisotopic (exact) mass is 212 g/mol. The van der Waals surface area contributed by atoms with E-state index in [1.165, 1.54) is 16.7 Å². The molecule has 0 aliphatic carbocycles. The van der Waals surface area contributed by atoms with Crippen LogP contribution in [0.3, 0.4) is 0 Å². The van der Waals surface area contributed by atoms with Gasteiger partial charge in [-0.1, -0.05) is 48.0 Å². The minimum atomic E-state index is 0.0882. The van der Waals surface area contributed by atoms with E-state index in [0.29, 0.717) is 0 Å². The molecule has 82 valence electrons. The van der Waals surface area contributed by atoms with Crippen molar-refractivity contribution < 1.29 is 5.11 Å². The Morgan fingerprint density at radius 1 is 0.938 bits per heavy atom. The van der Waals surface area contributed by atoms with E-state index in [1.54, 1.807) is 0 Å². The SMILES string of the molecule is Cc1ccc(-c2c(C)cccc2CO)cc1. The topological polar surface area (TPSA) is 20.2 Å². The van der Waals surface area contributed by atoms with Gasteiger partial charge in [0.25, 0.3) is 0 Å². The van der Waals surface area contributed by atoms with Crippen LogP contribution in [0.2, 0.25) is 0 Å². The summed E-state index contributed by atoms with van der Waals surface area (Å²) in [6.07, 6.45) is 0. The zero-order valence-corrected chi connectivity index (χ0v) is 9.70. The Morgan fingerprint density at radius 3 is 2.25 bits per heavy atom. The molecule has 0 bridgehead atoms. The van der Waals surface area contributed by atoms with E-state index in [4.69, 9.17) is 0 Å². The number of aryl methyl sites for hydroxylation is 2. The van der Waals surface area contributed by atoms with Crippen molar-refractivity contribution in [2.75, 3.05) is 0 Å². The molecule has 1 heteroatoms. The van der Waals surface area contributed by atoms with E-state index in [2.05, 4.69) is 44.2 Å². The van der Waals surface area contributed by atoms with Gasteiger partial charge >= 0.3 is 0 Å². The van der Waals surface area contributed by atoms with Crippen molar-refractivity contribution in [3.05, 3.63) is 59.2 Å². The quantitative estimate of drug-likeness (QED) is 0.808. The molecule has 0 saturated carbocycles. The van der Waals surface area contributed by atoms with Gasteiger partial charge in [-0.15, -0.1) is 0 Å². The summed E-state index contributed by atoms with van der Waals surface area (Å²) in [5.41, 5.74) is 5.78. The van der Waals surface area contributed by atoms with Crippen molar-refractivity contribution in [2.45, 2.75) is 20.5 Å². The second-order valence-electron chi connectivity index (χ2n) is 4.13. The zero-order chi connectivity index (χ0) is 11.5. The molecule has 0 amide bonds. The fraction of sp³-hybridized carbons (Fsp3) is 0.200. The van der Waals surface area contributed by atoms with E-state index in [0.717, 1.165) is 11.1 Å². The van der Waals surface area contributed by atoms with E-state index in [9.17, 15) is 5.11 Å². The molecule has 0 saturated heterocycles. The van der Waals surface area contributed by atoms with Crippen LogP contribution in [0.25, 0.3) is 11.1 Å². The highest BCUT2D eigenvalue weighted by Crippen LogP contribution is 2.27. The summed E-state index contributed by atoms with van der Waals surface area (Å²) in [5, 5.41) is 9.36. The molecule has 16 heavy (non-hydrogen) atoms. The molecule has 0 aliphatic heterocycles. The van der Waals surface area contributed by atoms with Crippen LogP contribution in [0.1, 0.15) is 16.7 Å². The average molecular weight is 212 g/mol. The molecule has 0 aliphatic rings. The average Bonchev–Trinajstić information content (AvgIpc) is 2.30. The number of aliphatic hydroxyl groups is 1. The Hall–Kier alpha value is -1.60. The van der Waals surface area contributed by atoms with Gasteiger partial charge in [0.1, 0.15) is 0 Å². The standard InChI is InChI=1S/C15H16O/c1-11-6-8-13(9-7-11)15-12(2)4-3-5-14(15)10-16/h3-9,16H,10H2,1-2H3. The predicted molar refractivity (Wildman–Crippen MR) is 67.3 cm³/mol. The zero-order valence-electron chi connectivity index (χ0n) is 9.70. The first-order valence-electron chi connectivity index (χ1n) is 5.49. The molecule has 2 aromatic rings. The summed E-state index contributed by atoms with van der Waals surface area (Å²) in [5.74, 6) is 0. The minimum Gasteiger partial charge on any atom is -0.392 e. The Kier molecular flexibility index (Phi) is 3.07. The highest BCUT2D eigenvalue weighted by atomic mass is 16.3. The Balaban J connectivity index is 2.58. The van der Waals surface area contributed by atoms with Gasteiger partial charge in [0.15, 0.2) is 0 Å². The van der Waals surface area contributed by atoms with Crippen molar-refractivity contribution in [2.24, 2.45) is 0 Å². The molecule has 0 fully saturated rings. The maximum atomic E-state index is 9.36. The number of rotatable bonds is 2. The summed E-state index contributed by atoms with van der Waals surface area (Å²) in [7, 11) is 0. The Morgan fingerprint density at radius 2 is 1.62 bits per heavy atom. The first-order valence-corrected chi connectivity index (χ1v) is 5.49. The number of hydrogen-bond acceptors (Lipinski definition) is 1. The second kappa shape index (κ2) is 4.50. The molecule has 2 aromatic carbocycles. The molecule has 2 rings (SSSR count). The fourth-order valence-corrected chi connectivity index (χ4v) is 1.99. The lowest BCUT2D eigenvalue weighted by molar-refractivity contribution is 0.282. The van der Waals surface area contributed by atoms with Crippen molar-refractivity contribution in [3.8, 4) is 11.1 Å². The van der Waals surface area contributed by atoms with Gasteiger partial charge in [-0.25, -0.2) is 0 Å². The maximum Gasteiger partial charge on any atom is 0.0687 e. The van der Waals surface area contributed by atoms with Gasteiger partial charge in [-0.3, -0.25) is 0 Å². The normalized spacial score (nSPS) is 10.4. The molecule has 0 spiro atoms. The molecule has 0 radical (unpaired) electrons. The largest absolute Gasteiger partial charge is 0.392 e. The predicted octanol–water partition coefficient (Wildman–Crippen LogP) is 3.46. The second-order valence-corrected chi connectivity index (χ2v) is 4.13. The van der Waals surface area contributed by atoms with Crippen LogP contribution >= 0.6 is 0 Å². The van der Waals surface area contributed by atoms with Crippen LogP contribution in [0.5, 0.6) is 0 Å². The van der Waals surface area contributed by atoms with E-state index >= 15 is 0 Å². The van der Waals surface area contributed by atoms with Gasteiger partial charge in [-0.2, -0.15) is 0 Å². The Bertz CT molecular complexity index is 483.